The maximum absolute atomic E-state index is 15.6. The molecule has 178 valence electrons. The molecule has 1 aliphatic heterocycles. The lowest BCUT2D eigenvalue weighted by Crippen LogP contribution is -2.34. The van der Waals surface area contributed by atoms with Gasteiger partial charge in [-0.15, -0.1) is 0 Å². The second kappa shape index (κ2) is 9.77. The number of halogens is 2. The molecule has 2 aromatic heterocycles. The SMILES string of the molecule is O=C(OC[C@H]1O[C@@H](n2cnc3c(Cl)ncnc32)[C@H](OC(=O)c2ccccc2)[C@@H]1F)c1ccccc1. The summed E-state index contributed by atoms with van der Waals surface area (Å²) >= 11 is 6.09. The number of aromatic nitrogens is 4. The Bertz CT molecular complexity index is 1350. The molecule has 0 N–H and O–H groups in total. The highest BCUT2D eigenvalue weighted by Crippen LogP contribution is 2.36. The van der Waals surface area contributed by atoms with Gasteiger partial charge in [-0.3, -0.25) is 4.57 Å². The Morgan fingerprint density at radius 1 is 0.971 bits per heavy atom. The first kappa shape index (κ1) is 22.9. The van der Waals surface area contributed by atoms with Gasteiger partial charge >= 0.3 is 11.9 Å². The number of hydrogen-bond acceptors (Lipinski definition) is 8. The van der Waals surface area contributed by atoms with E-state index in [0.717, 1.165) is 0 Å². The van der Waals surface area contributed by atoms with Crippen LogP contribution in [-0.2, 0) is 14.2 Å². The predicted molar refractivity (Wildman–Crippen MR) is 122 cm³/mol. The quantitative estimate of drug-likeness (QED) is 0.293. The summed E-state index contributed by atoms with van der Waals surface area (Å²) in [7, 11) is 0. The van der Waals surface area contributed by atoms with E-state index in [-0.39, 0.29) is 21.9 Å². The highest BCUT2D eigenvalue weighted by molar-refractivity contribution is 6.33. The average molecular weight is 497 g/mol. The summed E-state index contributed by atoms with van der Waals surface area (Å²) in [5.41, 5.74) is 1.11. The van der Waals surface area contributed by atoms with E-state index < -0.39 is 43.2 Å². The molecule has 0 saturated carbocycles. The lowest BCUT2D eigenvalue weighted by Gasteiger charge is -2.21. The largest absolute Gasteiger partial charge is 0.459 e. The molecule has 2 aromatic carbocycles. The second-order valence-electron chi connectivity index (χ2n) is 7.70. The number of imidazole rings is 1. The van der Waals surface area contributed by atoms with Crippen LogP contribution in [0.15, 0.2) is 73.3 Å². The molecule has 1 saturated heterocycles. The molecule has 4 aromatic rings. The zero-order valence-electron chi connectivity index (χ0n) is 18.0. The summed E-state index contributed by atoms with van der Waals surface area (Å²) in [5, 5.41) is 0.106. The zero-order chi connectivity index (χ0) is 24.4. The van der Waals surface area contributed by atoms with Crippen molar-refractivity contribution in [3.8, 4) is 0 Å². The summed E-state index contributed by atoms with van der Waals surface area (Å²) in [5.74, 6) is -1.36. The van der Waals surface area contributed by atoms with Crippen LogP contribution in [0.3, 0.4) is 0 Å². The molecule has 9 nitrogen and oxygen atoms in total. The Labute approximate surface area is 203 Å². The molecular weight excluding hydrogens is 479 g/mol. The van der Waals surface area contributed by atoms with Gasteiger partial charge in [-0.05, 0) is 24.3 Å². The van der Waals surface area contributed by atoms with Gasteiger partial charge in [0.15, 0.2) is 29.3 Å². The number of nitrogens with zero attached hydrogens (tertiary/aromatic N) is 4. The molecule has 0 radical (unpaired) electrons. The molecule has 0 bridgehead atoms. The number of alkyl halides is 1. The third-order valence-electron chi connectivity index (χ3n) is 5.49. The first-order valence-electron chi connectivity index (χ1n) is 10.6. The second-order valence-corrected chi connectivity index (χ2v) is 8.06. The summed E-state index contributed by atoms with van der Waals surface area (Å²) in [6.07, 6.45) is -2.97. The molecule has 0 amide bonds. The average Bonchev–Trinajstić information content (AvgIpc) is 3.45. The third-order valence-corrected chi connectivity index (χ3v) is 5.77. The van der Waals surface area contributed by atoms with Crippen LogP contribution in [-0.4, -0.2) is 56.4 Å². The van der Waals surface area contributed by atoms with Crippen molar-refractivity contribution in [1.82, 2.24) is 19.5 Å². The molecular formula is C24H18ClFN4O5. The topological polar surface area (TPSA) is 105 Å². The fourth-order valence-corrected chi connectivity index (χ4v) is 3.95. The molecule has 0 unspecified atom stereocenters. The molecule has 35 heavy (non-hydrogen) atoms. The van der Waals surface area contributed by atoms with Crippen LogP contribution in [0.1, 0.15) is 26.9 Å². The van der Waals surface area contributed by atoms with Gasteiger partial charge in [0, 0.05) is 0 Å². The zero-order valence-corrected chi connectivity index (χ0v) is 18.8. The first-order chi connectivity index (χ1) is 17.0. The van der Waals surface area contributed by atoms with Crippen LogP contribution < -0.4 is 0 Å². The minimum absolute atomic E-state index is 0.106. The number of benzene rings is 2. The Kier molecular flexibility index (Phi) is 6.39. The van der Waals surface area contributed by atoms with Gasteiger partial charge in [0.05, 0.1) is 17.5 Å². The van der Waals surface area contributed by atoms with E-state index in [4.69, 9.17) is 25.8 Å². The molecule has 5 rings (SSSR count). The van der Waals surface area contributed by atoms with Crippen molar-refractivity contribution >= 4 is 34.7 Å². The number of rotatable bonds is 6. The minimum Gasteiger partial charge on any atom is -0.459 e. The molecule has 4 atom stereocenters. The fourth-order valence-electron chi connectivity index (χ4n) is 3.77. The number of hydrogen-bond donors (Lipinski definition) is 0. The van der Waals surface area contributed by atoms with Crippen molar-refractivity contribution in [2.45, 2.75) is 24.6 Å². The summed E-state index contributed by atoms with van der Waals surface area (Å²) in [4.78, 5) is 37.3. The van der Waals surface area contributed by atoms with E-state index >= 15 is 4.39 Å². The summed E-state index contributed by atoms with van der Waals surface area (Å²) in [6.45, 7) is -0.396. The van der Waals surface area contributed by atoms with E-state index in [9.17, 15) is 9.59 Å². The van der Waals surface area contributed by atoms with E-state index in [0.29, 0.717) is 5.56 Å². The van der Waals surface area contributed by atoms with Crippen molar-refractivity contribution < 1.29 is 28.2 Å². The lowest BCUT2D eigenvalue weighted by atomic mass is 10.1. The van der Waals surface area contributed by atoms with Crippen molar-refractivity contribution in [1.29, 1.82) is 0 Å². The van der Waals surface area contributed by atoms with Crippen molar-refractivity contribution in [3.63, 3.8) is 0 Å². The van der Waals surface area contributed by atoms with E-state index in [2.05, 4.69) is 15.0 Å². The molecule has 3 heterocycles. The highest BCUT2D eigenvalue weighted by Gasteiger charge is 2.50. The number of fused-ring (bicyclic) bond motifs is 1. The third kappa shape index (κ3) is 4.58. The van der Waals surface area contributed by atoms with Crippen molar-refractivity contribution in [3.05, 3.63) is 89.6 Å². The van der Waals surface area contributed by atoms with Crippen molar-refractivity contribution in [2.75, 3.05) is 6.61 Å². The lowest BCUT2D eigenvalue weighted by molar-refractivity contribution is -0.0596. The van der Waals surface area contributed by atoms with Crippen LogP contribution >= 0.6 is 11.6 Å². The fraction of sp³-hybridized carbons (Fsp3) is 0.208. The molecule has 11 heteroatoms. The van der Waals surface area contributed by atoms with Gasteiger partial charge < -0.3 is 14.2 Å². The van der Waals surface area contributed by atoms with Gasteiger partial charge in [-0.1, -0.05) is 48.0 Å². The van der Waals surface area contributed by atoms with Gasteiger partial charge in [-0.2, -0.15) is 0 Å². The molecule has 1 fully saturated rings. The number of esters is 2. The molecule has 1 aliphatic rings. The monoisotopic (exact) mass is 496 g/mol. The van der Waals surface area contributed by atoms with Crippen molar-refractivity contribution in [2.24, 2.45) is 0 Å². The Hall–Kier alpha value is -3.89. The number of carbonyl (C=O) groups excluding carboxylic acids is 2. The van der Waals surface area contributed by atoms with Gasteiger partial charge in [-0.25, -0.2) is 28.9 Å². The smallest absolute Gasteiger partial charge is 0.338 e. The highest BCUT2D eigenvalue weighted by atomic mass is 35.5. The van der Waals surface area contributed by atoms with E-state index in [1.165, 1.54) is 17.2 Å². The molecule has 0 spiro atoms. The summed E-state index contributed by atoms with van der Waals surface area (Å²) < 4.78 is 33.7. The van der Waals surface area contributed by atoms with Gasteiger partial charge in [0.1, 0.15) is 24.6 Å². The number of carbonyl (C=O) groups is 2. The summed E-state index contributed by atoms with van der Waals surface area (Å²) in [6, 6.07) is 16.5. The van der Waals surface area contributed by atoms with Crippen LogP contribution in [0.4, 0.5) is 4.39 Å². The predicted octanol–water partition coefficient (Wildman–Crippen LogP) is 3.80. The maximum Gasteiger partial charge on any atom is 0.338 e. The van der Waals surface area contributed by atoms with Crippen LogP contribution in [0.5, 0.6) is 0 Å². The minimum atomic E-state index is -1.81. The van der Waals surface area contributed by atoms with Crippen LogP contribution in [0, 0.1) is 0 Å². The molecule has 0 aliphatic carbocycles. The standard InChI is InChI=1S/C24H18ClFN4O5/c25-20-18-21(28-12-27-20)30(13-29-18)22-19(35-24(32)15-9-5-2-6-10-15)17(26)16(34-22)11-33-23(31)14-7-3-1-4-8-14/h1-10,12-13,16-17,19,22H,11H2/t16-,17-,19-,22-/m1/s1. The normalized spacial score (nSPS) is 21.7. The van der Waals surface area contributed by atoms with E-state index in [1.807, 2.05) is 0 Å². The first-order valence-corrected chi connectivity index (χ1v) is 11.0. The van der Waals surface area contributed by atoms with Crippen LogP contribution in [0.2, 0.25) is 5.15 Å². The Morgan fingerprint density at radius 2 is 1.63 bits per heavy atom. The maximum atomic E-state index is 15.6. The van der Waals surface area contributed by atoms with E-state index in [1.54, 1.807) is 60.7 Å². The van der Waals surface area contributed by atoms with Gasteiger partial charge in [0.2, 0.25) is 0 Å². The van der Waals surface area contributed by atoms with Crippen LogP contribution in [0.25, 0.3) is 11.2 Å². The Balaban J connectivity index is 1.41. The number of ether oxygens (including phenoxy) is 3. The Morgan fingerprint density at radius 3 is 2.31 bits per heavy atom. The van der Waals surface area contributed by atoms with Gasteiger partial charge in [0.25, 0.3) is 0 Å².